The zero-order valence-corrected chi connectivity index (χ0v) is 16.6. The van der Waals surface area contributed by atoms with Gasteiger partial charge in [0.05, 0.1) is 6.10 Å². The molecule has 1 fully saturated rings. The fraction of sp³-hybridized carbons (Fsp3) is 0.750. The van der Waals surface area contributed by atoms with Crippen LogP contribution in [0.5, 0.6) is 0 Å². The number of nitrogens with zero attached hydrogens (tertiary/aromatic N) is 3. The molecule has 0 saturated heterocycles. The van der Waals surface area contributed by atoms with Crippen LogP contribution in [-0.2, 0) is 15.5 Å². The zero-order chi connectivity index (χ0) is 17.1. The Morgan fingerprint density at radius 3 is 2.78 bits per heavy atom. The summed E-state index contributed by atoms with van der Waals surface area (Å²) in [6, 6.07) is 2.39. The van der Waals surface area contributed by atoms with Crippen molar-refractivity contribution in [1.29, 1.82) is 0 Å². The van der Waals surface area contributed by atoms with Crippen LogP contribution in [0.4, 0.5) is 5.95 Å². The topological polar surface area (TPSA) is 47.5 Å². The van der Waals surface area contributed by atoms with Gasteiger partial charge < -0.3 is 13.9 Å². The molecule has 2 rings (SSSR count). The predicted octanol–water partition coefficient (Wildman–Crippen LogP) is 3.89. The lowest BCUT2D eigenvalue weighted by Crippen LogP contribution is -2.31. The van der Waals surface area contributed by atoms with E-state index >= 15 is 0 Å². The molecule has 0 aromatic carbocycles. The first-order valence-corrected chi connectivity index (χ1v) is 9.70. The smallest absolute Gasteiger partial charge is 0.225 e. The lowest BCUT2D eigenvalue weighted by Gasteiger charge is -2.24. The van der Waals surface area contributed by atoms with E-state index in [1.54, 1.807) is 7.11 Å². The highest BCUT2D eigenvalue weighted by molar-refractivity contribution is 7.80. The minimum Gasteiger partial charge on any atom is -0.341 e. The van der Waals surface area contributed by atoms with Crippen molar-refractivity contribution in [1.82, 2.24) is 9.97 Å². The molecule has 1 aromatic rings. The monoisotopic (exact) mass is 359 g/mol. The Morgan fingerprint density at radius 1 is 1.39 bits per heavy atom. The van der Waals surface area contributed by atoms with Crippen molar-refractivity contribution in [2.24, 2.45) is 0 Å². The number of anilines is 1. The fourth-order valence-electron chi connectivity index (χ4n) is 2.46. The van der Waals surface area contributed by atoms with Gasteiger partial charge in [-0.25, -0.2) is 9.97 Å². The van der Waals surface area contributed by atoms with Gasteiger partial charge in [-0.15, -0.1) is 0 Å². The number of aryl methyl sites for hydroxylation is 1. The molecular formula is C16H30N3O2PS. The number of rotatable bonds is 7. The Bertz CT molecular complexity index is 440. The van der Waals surface area contributed by atoms with E-state index < -0.39 is 0 Å². The van der Waals surface area contributed by atoms with Crippen molar-refractivity contribution in [3.05, 3.63) is 18.0 Å². The molecule has 0 amide bonds. The summed E-state index contributed by atoms with van der Waals surface area (Å²) in [5.74, 6) is 1.60. The van der Waals surface area contributed by atoms with Crippen LogP contribution in [0.25, 0.3) is 0 Å². The average Bonchev–Trinajstić information content (AvgIpc) is 3.02. The van der Waals surface area contributed by atoms with Crippen LogP contribution in [0.1, 0.15) is 45.2 Å². The molecule has 0 bridgehead atoms. The van der Waals surface area contributed by atoms with Gasteiger partial charge in [-0.2, -0.15) is 12.6 Å². The Labute approximate surface area is 147 Å². The maximum absolute atomic E-state index is 5.66. The molecule has 1 aliphatic carbocycles. The summed E-state index contributed by atoms with van der Waals surface area (Å²) >= 11 is 4.25. The largest absolute Gasteiger partial charge is 0.341 e. The minimum atomic E-state index is 0.138. The maximum Gasteiger partial charge on any atom is 0.225 e. The lowest BCUT2D eigenvalue weighted by molar-refractivity contribution is 0.209. The summed E-state index contributed by atoms with van der Waals surface area (Å²) in [4.78, 5) is 11.1. The van der Waals surface area contributed by atoms with Gasteiger partial charge in [0.2, 0.25) is 5.95 Å². The molecule has 1 heterocycles. The quantitative estimate of drug-likeness (QED) is 0.591. The van der Waals surface area contributed by atoms with E-state index in [0.29, 0.717) is 12.1 Å². The van der Waals surface area contributed by atoms with E-state index in [1.807, 2.05) is 12.3 Å². The van der Waals surface area contributed by atoms with Gasteiger partial charge in [0.15, 0.2) is 9.03 Å². The molecule has 1 aliphatic rings. The molecule has 1 aromatic heterocycles. The summed E-state index contributed by atoms with van der Waals surface area (Å²) in [7, 11) is 3.86. The lowest BCUT2D eigenvalue weighted by atomic mass is 10.2. The van der Waals surface area contributed by atoms with Gasteiger partial charge in [-0.05, 0) is 37.5 Å². The van der Waals surface area contributed by atoms with Crippen LogP contribution in [0, 0.1) is 0 Å². The van der Waals surface area contributed by atoms with Crippen molar-refractivity contribution < 1.29 is 9.05 Å². The first-order chi connectivity index (χ1) is 11.2. The fourth-order valence-corrected chi connectivity index (χ4v) is 3.14. The van der Waals surface area contributed by atoms with Crippen LogP contribution in [0.3, 0.4) is 0 Å². The number of thiol groups is 1. The molecule has 7 heteroatoms. The Kier molecular flexibility index (Phi) is 10.8. The van der Waals surface area contributed by atoms with Crippen molar-refractivity contribution in [3.8, 4) is 0 Å². The summed E-state index contributed by atoms with van der Waals surface area (Å²) < 4.78 is 10.6. The number of hydrogen-bond acceptors (Lipinski definition) is 6. The molecule has 3 unspecified atom stereocenters. The summed E-state index contributed by atoms with van der Waals surface area (Å²) in [6.45, 7) is 4.25. The molecule has 132 valence electrons. The molecule has 5 nitrogen and oxygen atoms in total. The highest BCUT2D eigenvalue weighted by Crippen LogP contribution is 2.31. The molecule has 1 saturated carbocycles. The van der Waals surface area contributed by atoms with Crippen LogP contribution < -0.4 is 4.90 Å². The predicted molar refractivity (Wildman–Crippen MR) is 102 cm³/mol. The molecule has 0 radical (unpaired) electrons. The highest BCUT2D eigenvalue weighted by Gasteiger charge is 2.29. The second kappa shape index (κ2) is 12.0. The van der Waals surface area contributed by atoms with Crippen LogP contribution in [0.15, 0.2) is 12.3 Å². The maximum atomic E-state index is 5.66. The second-order valence-corrected chi connectivity index (χ2v) is 6.89. The first kappa shape index (κ1) is 20.6. The first-order valence-electron chi connectivity index (χ1n) is 8.25. The molecular weight excluding hydrogens is 329 g/mol. The SMILES string of the molecule is CCC.COPOC1CCC(N(C)c2nccc(CCS)n2)C1. The average molecular weight is 359 g/mol. The molecule has 0 N–H and O–H groups in total. The molecule has 23 heavy (non-hydrogen) atoms. The number of aromatic nitrogens is 2. The molecule has 3 atom stereocenters. The van der Waals surface area contributed by atoms with E-state index in [9.17, 15) is 0 Å². The minimum absolute atomic E-state index is 0.138. The van der Waals surface area contributed by atoms with Crippen molar-refractivity contribution in [2.45, 2.75) is 58.1 Å². The zero-order valence-electron chi connectivity index (χ0n) is 14.7. The Balaban J connectivity index is 0.000000816. The van der Waals surface area contributed by atoms with Crippen LogP contribution in [-0.4, -0.2) is 42.0 Å². The van der Waals surface area contributed by atoms with E-state index in [4.69, 9.17) is 9.05 Å². The van der Waals surface area contributed by atoms with E-state index in [2.05, 4.69) is 48.4 Å². The van der Waals surface area contributed by atoms with Crippen molar-refractivity contribution >= 4 is 27.6 Å². The summed E-state index contributed by atoms with van der Waals surface area (Å²) in [6.07, 6.45) is 7.43. The third-order valence-electron chi connectivity index (χ3n) is 3.59. The number of hydrogen-bond donors (Lipinski definition) is 1. The highest BCUT2D eigenvalue weighted by atomic mass is 32.1. The van der Waals surface area contributed by atoms with E-state index in [0.717, 1.165) is 43.1 Å². The Morgan fingerprint density at radius 2 is 2.13 bits per heavy atom. The summed E-state index contributed by atoms with van der Waals surface area (Å²) in [5, 5.41) is 0. The van der Waals surface area contributed by atoms with Crippen molar-refractivity contribution in [2.75, 3.05) is 24.8 Å². The second-order valence-electron chi connectivity index (χ2n) is 5.63. The van der Waals surface area contributed by atoms with Crippen LogP contribution >= 0.6 is 21.7 Å². The van der Waals surface area contributed by atoms with Gasteiger partial charge >= 0.3 is 0 Å². The van der Waals surface area contributed by atoms with Crippen LogP contribution in [0.2, 0.25) is 0 Å². The summed E-state index contributed by atoms with van der Waals surface area (Å²) in [5.41, 5.74) is 1.04. The third-order valence-corrected chi connectivity index (χ3v) is 4.41. The Hall–Kier alpha value is -0.420. The van der Waals surface area contributed by atoms with Gasteiger partial charge in [0.25, 0.3) is 0 Å². The van der Waals surface area contributed by atoms with Gasteiger partial charge in [0.1, 0.15) is 0 Å². The third kappa shape index (κ3) is 7.34. The normalized spacial score (nSPS) is 20.6. The van der Waals surface area contributed by atoms with Gasteiger partial charge in [-0.1, -0.05) is 20.3 Å². The van der Waals surface area contributed by atoms with E-state index in [1.165, 1.54) is 6.42 Å². The molecule has 0 spiro atoms. The van der Waals surface area contributed by atoms with Gasteiger partial charge in [0, 0.05) is 32.1 Å². The standard InChI is InChI=1S/C13H22N3O2PS.C3H8/c1-16(11-3-4-12(9-11)18-19-17-2)13-14-7-5-10(15-13)6-8-20;1-3-2/h5,7,11-12,19-20H,3-4,6,8-9H2,1-2H3;3H2,1-2H3. The molecule has 0 aliphatic heterocycles. The van der Waals surface area contributed by atoms with Gasteiger partial charge in [-0.3, -0.25) is 0 Å². The van der Waals surface area contributed by atoms with E-state index in [-0.39, 0.29) is 9.03 Å². The van der Waals surface area contributed by atoms with Crippen molar-refractivity contribution in [3.63, 3.8) is 0 Å².